The minimum atomic E-state index is -0.458. The fraction of sp³-hybridized carbons (Fsp3) is 0.167. The molecule has 0 spiro atoms. The number of ether oxygens (including phenoxy) is 2. The molecule has 5 rings (SSSR count). The number of hydrogen-bond donors (Lipinski definition) is 0. The highest BCUT2D eigenvalue weighted by Gasteiger charge is 2.18. The van der Waals surface area contributed by atoms with E-state index >= 15 is 0 Å². The number of fused-ring (bicyclic) bond motifs is 1. The van der Waals surface area contributed by atoms with Gasteiger partial charge in [-0.2, -0.15) is 4.98 Å². The second-order valence-electron chi connectivity index (χ2n) is 7.49. The Morgan fingerprint density at radius 1 is 0.941 bits per heavy atom. The summed E-state index contributed by atoms with van der Waals surface area (Å²) in [4.78, 5) is 31.0. The molecule has 5 aromatic rings. The van der Waals surface area contributed by atoms with E-state index in [1.807, 2.05) is 36.4 Å². The van der Waals surface area contributed by atoms with Crippen LogP contribution in [0.15, 0.2) is 74.1 Å². The first-order chi connectivity index (χ1) is 16.6. The molecule has 0 bridgehead atoms. The van der Waals surface area contributed by atoms with Crippen LogP contribution in [0.4, 0.5) is 0 Å². The van der Waals surface area contributed by atoms with Gasteiger partial charge in [0.2, 0.25) is 11.7 Å². The third-order valence-corrected chi connectivity index (χ3v) is 6.29. The molecule has 0 saturated heterocycles. The molecule has 0 saturated carbocycles. The summed E-state index contributed by atoms with van der Waals surface area (Å²) in [5.41, 5.74) is 1.24. The van der Waals surface area contributed by atoms with Crippen LogP contribution >= 0.6 is 11.3 Å². The highest BCUT2D eigenvalue weighted by Crippen LogP contribution is 2.22. The van der Waals surface area contributed by atoms with E-state index in [-0.39, 0.29) is 24.5 Å². The summed E-state index contributed by atoms with van der Waals surface area (Å²) in [6.07, 6.45) is 0. The fourth-order valence-electron chi connectivity index (χ4n) is 3.71. The van der Waals surface area contributed by atoms with Crippen LogP contribution in [-0.4, -0.2) is 33.5 Å². The Balaban J connectivity index is 1.54. The van der Waals surface area contributed by atoms with E-state index in [4.69, 9.17) is 14.0 Å². The average Bonchev–Trinajstić information content (AvgIpc) is 3.55. The van der Waals surface area contributed by atoms with Crippen molar-refractivity contribution < 1.29 is 14.0 Å². The standard InChI is InChI=1S/C24H20N4O5S/c1-31-17-7-3-5-15(11-17)13-28-23(29)21-19(9-10-34-21)27(24(28)30)14-20-25-22(26-33-20)16-6-4-8-18(12-16)32-2/h3-12H,13-14H2,1-2H3. The average molecular weight is 477 g/mol. The molecule has 0 amide bonds. The SMILES string of the molecule is COc1cccc(Cn2c(=O)c3sccc3n(Cc3nc(-c4cccc(OC)c4)no3)c2=O)c1. The predicted molar refractivity (Wildman–Crippen MR) is 128 cm³/mol. The van der Waals surface area contributed by atoms with Gasteiger partial charge in [-0.3, -0.25) is 13.9 Å². The molecule has 0 aliphatic heterocycles. The first kappa shape index (κ1) is 21.7. The van der Waals surface area contributed by atoms with Crippen LogP contribution < -0.4 is 20.7 Å². The molecule has 0 fully saturated rings. The molecular weight excluding hydrogens is 456 g/mol. The summed E-state index contributed by atoms with van der Waals surface area (Å²) < 4.78 is 19.1. The molecular formula is C24H20N4O5S. The van der Waals surface area contributed by atoms with Crippen LogP contribution in [0.3, 0.4) is 0 Å². The van der Waals surface area contributed by atoms with Gasteiger partial charge in [-0.15, -0.1) is 11.3 Å². The third kappa shape index (κ3) is 3.99. The largest absolute Gasteiger partial charge is 0.497 e. The summed E-state index contributed by atoms with van der Waals surface area (Å²) in [6, 6.07) is 16.3. The number of rotatable bonds is 7. The fourth-order valence-corrected chi connectivity index (χ4v) is 4.56. The van der Waals surface area contributed by atoms with E-state index in [9.17, 15) is 9.59 Å². The van der Waals surface area contributed by atoms with Crippen molar-refractivity contribution in [3.8, 4) is 22.9 Å². The van der Waals surface area contributed by atoms with Crippen LogP contribution in [0.25, 0.3) is 21.6 Å². The van der Waals surface area contributed by atoms with Crippen LogP contribution in [0.5, 0.6) is 11.5 Å². The molecule has 3 heterocycles. The van der Waals surface area contributed by atoms with E-state index in [0.717, 1.165) is 11.1 Å². The number of nitrogens with zero attached hydrogens (tertiary/aromatic N) is 4. The van der Waals surface area contributed by atoms with Gasteiger partial charge in [-0.25, -0.2) is 4.79 Å². The van der Waals surface area contributed by atoms with E-state index in [2.05, 4.69) is 10.1 Å². The van der Waals surface area contributed by atoms with Crippen LogP contribution in [0.2, 0.25) is 0 Å². The number of hydrogen-bond acceptors (Lipinski definition) is 8. The molecule has 0 aliphatic rings. The minimum Gasteiger partial charge on any atom is -0.497 e. The first-order valence-electron chi connectivity index (χ1n) is 10.4. The van der Waals surface area contributed by atoms with Crippen LogP contribution in [0.1, 0.15) is 11.5 Å². The lowest BCUT2D eigenvalue weighted by Gasteiger charge is -2.11. The topological polar surface area (TPSA) is 101 Å². The molecule has 9 nitrogen and oxygen atoms in total. The van der Waals surface area contributed by atoms with Gasteiger partial charge in [-0.05, 0) is 41.3 Å². The zero-order valence-electron chi connectivity index (χ0n) is 18.4. The molecule has 0 unspecified atom stereocenters. The van der Waals surface area contributed by atoms with Gasteiger partial charge in [0.05, 0.1) is 26.3 Å². The second kappa shape index (κ2) is 8.99. The lowest BCUT2D eigenvalue weighted by molar-refractivity contribution is 0.369. The Morgan fingerprint density at radius 3 is 2.50 bits per heavy atom. The number of methoxy groups -OCH3 is 2. The number of thiophene rings is 1. The Morgan fingerprint density at radius 2 is 1.71 bits per heavy atom. The van der Waals surface area contributed by atoms with Gasteiger partial charge in [-0.1, -0.05) is 29.4 Å². The second-order valence-corrected chi connectivity index (χ2v) is 8.41. The van der Waals surface area contributed by atoms with Crippen molar-refractivity contribution in [2.24, 2.45) is 0 Å². The smallest absolute Gasteiger partial charge is 0.332 e. The molecule has 0 N–H and O–H groups in total. The van der Waals surface area contributed by atoms with Crippen molar-refractivity contribution in [3.63, 3.8) is 0 Å². The lowest BCUT2D eigenvalue weighted by Crippen LogP contribution is -2.40. The third-order valence-electron chi connectivity index (χ3n) is 5.40. The maximum Gasteiger partial charge on any atom is 0.332 e. The van der Waals surface area contributed by atoms with E-state index in [0.29, 0.717) is 27.5 Å². The Bertz CT molecular complexity index is 1600. The van der Waals surface area contributed by atoms with Crippen LogP contribution in [0, 0.1) is 0 Å². The molecule has 0 atom stereocenters. The normalized spacial score (nSPS) is 11.1. The summed E-state index contributed by atoms with van der Waals surface area (Å²) in [5, 5.41) is 5.83. The van der Waals surface area contributed by atoms with Gasteiger partial charge in [0, 0.05) is 5.56 Å². The van der Waals surface area contributed by atoms with Crippen molar-refractivity contribution in [3.05, 3.63) is 92.3 Å². The van der Waals surface area contributed by atoms with Gasteiger partial charge in [0.15, 0.2) is 0 Å². The summed E-state index contributed by atoms with van der Waals surface area (Å²) in [6.45, 7) is 0.142. The van der Waals surface area contributed by atoms with Crippen molar-refractivity contribution in [2.45, 2.75) is 13.1 Å². The molecule has 0 aliphatic carbocycles. The summed E-state index contributed by atoms with van der Waals surface area (Å²) in [7, 11) is 3.15. The van der Waals surface area contributed by atoms with Gasteiger partial charge < -0.3 is 14.0 Å². The Kier molecular flexibility index (Phi) is 5.72. The van der Waals surface area contributed by atoms with Crippen molar-refractivity contribution >= 4 is 21.6 Å². The Hall–Kier alpha value is -4.18. The monoisotopic (exact) mass is 476 g/mol. The minimum absolute atomic E-state index is 0.0292. The maximum atomic E-state index is 13.4. The Labute approximate surface area is 197 Å². The first-order valence-corrected chi connectivity index (χ1v) is 11.3. The molecule has 34 heavy (non-hydrogen) atoms. The van der Waals surface area contributed by atoms with E-state index in [1.165, 1.54) is 20.5 Å². The van der Waals surface area contributed by atoms with Gasteiger partial charge in [0.25, 0.3) is 5.56 Å². The highest BCUT2D eigenvalue weighted by atomic mass is 32.1. The highest BCUT2D eigenvalue weighted by molar-refractivity contribution is 7.17. The summed E-state index contributed by atoms with van der Waals surface area (Å²) >= 11 is 1.29. The van der Waals surface area contributed by atoms with Gasteiger partial charge in [0.1, 0.15) is 22.7 Å². The predicted octanol–water partition coefficient (Wildman–Crippen LogP) is 3.39. The van der Waals surface area contributed by atoms with Crippen molar-refractivity contribution in [1.29, 1.82) is 0 Å². The molecule has 0 radical (unpaired) electrons. The maximum absolute atomic E-state index is 13.4. The zero-order valence-corrected chi connectivity index (χ0v) is 19.2. The molecule has 10 heteroatoms. The zero-order chi connectivity index (χ0) is 23.7. The van der Waals surface area contributed by atoms with E-state index in [1.54, 1.807) is 37.8 Å². The van der Waals surface area contributed by atoms with E-state index < -0.39 is 5.69 Å². The van der Waals surface area contributed by atoms with Crippen LogP contribution in [-0.2, 0) is 13.1 Å². The molecule has 2 aromatic carbocycles. The lowest BCUT2D eigenvalue weighted by atomic mass is 10.2. The molecule has 172 valence electrons. The molecule has 3 aromatic heterocycles. The summed E-state index contributed by atoms with van der Waals surface area (Å²) in [5.74, 6) is 1.95. The van der Waals surface area contributed by atoms with Gasteiger partial charge >= 0.3 is 5.69 Å². The number of aromatic nitrogens is 4. The van der Waals surface area contributed by atoms with Crippen molar-refractivity contribution in [1.82, 2.24) is 19.3 Å². The van der Waals surface area contributed by atoms with Crippen molar-refractivity contribution in [2.75, 3.05) is 14.2 Å². The quantitative estimate of drug-likeness (QED) is 0.355. The number of benzene rings is 2.